The Kier molecular flexibility index (Phi) is 5.52. The molecule has 0 bridgehead atoms. The van der Waals surface area contributed by atoms with E-state index in [1.807, 2.05) is 53.1 Å². The Bertz CT molecular complexity index is 1110. The summed E-state index contributed by atoms with van der Waals surface area (Å²) in [6, 6.07) is 11.3. The molecule has 1 unspecified atom stereocenters. The number of furan rings is 1. The lowest BCUT2D eigenvalue weighted by Gasteiger charge is -2.37. The highest BCUT2D eigenvalue weighted by molar-refractivity contribution is 6.01. The van der Waals surface area contributed by atoms with Crippen molar-refractivity contribution in [2.75, 3.05) is 43.1 Å². The molecule has 33 heavy (non-hydrogen) atoms. The van der Waals surface area contributed by atoms with Crippen LogP contribution in [0.1, 0.15) is 44.3 Å². The normalized spacial score (nSPS) is 22.4. The SMILES string of the molecule is Cc1ccc(C2C3=C(CC(C)(C)CC3=O)Nc3ccccc3N2CC(=O)N2CCOCC2)o1. The fourth-order valence-electron chi connectivity index (χ4n) is 5.18. The zero-order valence-electron chi connectivity index (χ0n) is 19.5. The fourth-order valence-corrected chi connectivity index (χ4v) is 5.18. The molecule has 0 saturated carbocycles. The number of para-hydroxylation sites is 2. The third-order valence-electron chi connectivity index (χ3n) is 6.70. The largest absolute Gasteiger partial charge is 0.464 e. The second kappa shape index (κ2) is 8.37. The average molecular weight is 450 g/mol. The van der Waals surface area contributed by atoms with Crippen molar-refractivity contribution in [2.24, 2.45) is 5.41 Å². The van der Waals surface area contributed by atoms with Gasteiger partial charge in [-0.3, -0.25) is 9.59 Å². The lowest BCUT2D eigenvalue weighted by atomic mass is 9.74. The van der Waals surface area contributed by atoms with Crippen LogP contribution in [0, 0.1) is 12.3 Å². The number of carbonyl (C=O) groups is 2. The van der Waals surface area contributed by atoms with E-state index >= 15 is 0 Å². The maximum absolute atomic E-state index is 13.6. The summed E-state index contributed by atoms with van der Waals surface area (Å²) in [7, 11) is 0. The van der Waals surface area contributed by atoms with Crippen LogP contribution in [-0.2, 0) is 14.3 Å². The first kappa shape index (κ1) is 21.8. The molecule has 1 saturated heterocycles. The molecule has 1 aliphatic carbocycles. The third kappa shape index (κ3) is 4.17. The van der Waals surface area contributed by atoms with Crippen LogP contribution >= 0.6 is 0 Å². The van der Waals surface area contributed by atoms with Gasteiger partial charge in [-0.2, -0.15) is 0 Å². The molecule has 174 valence electrons. The van der Waals surface area contributed by atoms with Crippen LogP contribution in [0.3, 0.4) is 0 Å². The number of amides is 1. The quantitative estimate of drug-likeness (QED) is 0.762. The smallest absolute Gasteiger partial charge is 0.242 e. The molecule has 0 radical (unpaired) electrons. The molecule has 7 nitrogen and oxygen atoms in total. The summed E-state index contributed by atoms with van der Waals surface area (Å²) in [5, 5.41) is 3.57. The van der Waals surface area contributed by atoms with Crippen LogP contribution in [0.2, 0.25) is 0 Å². The molecule has 1 atom stereocenters. The summed E-state index contributed by atoms with van der Waals surface area (Å²) in [5.74, 6) is 1.58. The first-order valence-electron chi connectivity index (χ1n) is 11.6. The summed E-state index contributed by atoms with van der Waals surface area (Å²) in [6.07, 6.45) is 1.22. The monoisotopic (exact) mass is 449 g/mol. The summed E-state index contributed by atoms with van der Waals surface area (Å²) < 4.78 is 11.5. The molecule has 3 aliphatic rings. The minimum atomic E-state index is -0.474. The van der Waals surface area contributed by atoms with Crippen LogP contribution in [0.15, 0.2) is 52.1 Å². The van der Waals surface area contributed by atoms with Crippen LogP contribution in [-0.4, -0.2) is 49.4 Å². The molecule has 1 amide bonds. The van der Waals surface area contributed by atoms with Crippen LogP contribution in [0.4, 0.5) is 11.4 Å². The van der Waals surface area contributed by atoms with Gasteiger partial charge in [-0.25, -0.2) is 0 Å². The number of benzene rings is 1. The first-order chi connectivity index (χ1) is 15.8. The number of Topliss-reactive ketones (excluding diaryl/α,β-unsaturated/α-hetero) is 1. The molecule has 1 aromatic carbocycles. The Hall–Kier alpha value is -3.06. The number of aryl methyl sites for hydroxylation is 1. The van der Waals surface area contributed by atoms with Crippen molar-refractivity contribution in [3.63, 3.8) is 0 Å². The van der Waals surface area contributed by atoms with E-state index in [4.69, 9.17) is 9.15 Å². The predicted molar refractivity (Wildman–Crippen MR) is 126 cm³/mol. The van der Waals surface area contributed by atoms with E-state index in [1.165, 1.54) is 0 Å². The van der Waals surface area contributed by atoms with Crippen LogP contribution in [0.25, 0.3) is 0 Å². The van der Waals surface area contributed by atoms with Crippen molar-refractivity contribution in [3.05, 3.63) is 59.2 Å². The number of fused-ring (bicyclic) bond motifs is 1. The number of hydrogen-bond acceptors (Lipinski definition) is 6. The highest BCUT2D eigenvalue weighted by Gasteiger charge is 2.43. The number of nitrogens with zero attached hydrogens (tertiary/aromatic N) is 2. The van der Waals surface area contributed by atoms with Gasteiger partial charge in [0, 0.05) is 30.8 Å². The molecule has 0 spiro atoms. The maximum Gasteiger partial charge on any atom is 0.242 e. The van der Waals surface area contributed by atoms with Gasteiger partial charge in [0.25, 0.3) is 0 Å². The van der Waals surface area contributed by atoms with E-state index in [2.05, 4.69) is 19.2 Å². The van der Waals surface area contributed by atoms with Gasteiger partial charge in [-0.1, -0.05) is 26.0 Å². The lowest BCUT2D eigenvalue weighted by Crippen LogP contribution is -2.47. The van der Waals surface area contributed by atoms with E-state index in [0.29, 0.717) is 44.1 Å². The molecule has 7 heteroatoms. The maximum atomic E-state index is 13.6. The van der Waals surface area contributed by atoms with Crippen LogP contribution < -0.4 is 10.2 Å². The number of anilines is 2. The Morgan fingerprint density at radius 1 is 1.12 bits per heavy atom. The number of nitrogens with one attached hydrogen (secondary N) is 1. The predicted octanol–water partition coefficient (Wildman–Crippen LogP) is 4.06. The molecular weight excluding hydrogens is 418 g/mol. The summed E-state index contributed by atoms with van der Waals surface area (Å²) in [5.41, 5.74) is 3.27. The van der Waals surface area contributed by atoms with Gasteiger partial charge < -0.3 is 24.3 Å². The van der Waals surface area contributed by atoms with E-state index < -0.39 is 6.04 Å². The highest BCUT2D eigenvalue weighted by Crippen LogP contribution is 2.48. The molecule has 5 rings (SSSR count). The molecule has 1 aromatic heterocycles. The Balaban J connectivity index is 1.64. The van der Waals surface area contributed by atoms with Gasteiger partial charge in [0.15, 0.2) is 5.78 Å². The van der Waals surface area contributed by atoms with Gasteiger partial charge >= 0.3 is 0 Å². The third-order valence-corrected chi connectivity index (χ3v) is 6.70. The standard InChI is InChI=1S/C26H31N3O4/c1-17-8-9-22(33-17)25-24-19(14-26(2,3)15-21(24)30)27-18-6-4-5-7-20(18)29(25)16-23(31)28-10-12-32-13-11-28/h4-9,25,27H,10-16H2,1-3H3. The number of ketones is 1. The summed E-state index contributed by atoms with van der Waals surface area (Å²) >= 11 is 0. The molecule has 2 aromatic rings. The van der Waals surface area contributed by atoms with E-state index in [1.54, 1.807) is 0 Å². The molecule has 1 fully saturated rings. The van der Waals surface area contributed by atoms with Gasteiger partial charge in [0.2, 0.25) is 5.91 Å². The average Bonchev–Trinajstić information content (AvgIpc) is 3.15. The van der Waals surface area contributed by atoms with E-state index in [-0.39, 0.29) is 23.7 Å². The minimum absolute atomic E-state index is 0.0222. The molecule has 2 aliphatic heterocycles. The number of rotatable bonds is 3. The van der Waals surface area contributed by atoms with Crippen LogP contribution in [0.5, 0.6) is 0 Å². The number of hydrogen-bond donors (Lipinski definition) is 1. The lowest BCUT2D eigenvalue weighted by molar-refractivity contribution is -0.133. The second-order valence-corrected chi connectivity index (χ2v) is 9.95. The molecular formula is C26H31N3O4. The number of morpholine rings is 1. The van der Waals surface area contributed by atoms with Crippen molar-refractivity contribution in [1.29, 1.82) is 0 Å². The van der Waals surface area contributed by atoms with Crippen molar-refractivity contribution in [1.82, 2.24) is 4.90 Å². The summed E-state index contributed by atoms with van der Waals surface area (Å²) in [6.45, 7) is 8.56. The van der Waals surface area contributed by atoms with Gasteiger partial charge in [-0.15, -0.1) is 0 Å². The van der Waals surface area contributed by atoms with Gasteiger partial charge in [-0.05, 0) is 43.0 Å². The summed E-state index contributed by atoms with van der Waals surface area (Å²) in [4.78, 5) is 30.9. The second-order valence-electron chi connectivity index (χ2n) is 9.95. The fraction of sp³-hybridized carbons (Fsp3) is 0.462. The number of ether oxygens (including phenoxy) is 1. The zero-order chi connectivity index (χ0) is 23.2. The molecule has 3 heterocycles. The van der Waals surface area contributed by atoms with E-state index in [0.717, 1.165) is 29.3 Å². The van der Waals surface area contributed by atoms with Crippen molar-refractivity contribution >= 4 is 23.1 Å². The van der Waals surface area contributed by atoms with Crippen molar-refractivity contribution in [3.8, 4) is 0 Å². The van der Waals surface area contributed by atoms with Crippen molar-refractivity contribution < 1.29 is 18.7 Å². The number of allylic oxidation sites excluding steroid dienone is 1. The Morgan fingerprint density at radius 3 is 2.61 bits per heavy atom. The van der Waals surface area contributed by atoms with Gasteiger partial charge in [0.05, 0.1) is 31.1 Å². The Labute approximate surface area is 194 Å². The molecule has 1 N–H and O–H groups in total. The van der Waals surface area contributed by atoms with Gasteiger partial charge in [0.1, 0.15) is 17.6 Å². The first-order valence-corrected chi connectivity index (χ1v) is 11.6. The zero-order valence-corrected chi connectivity index (χ0v) is 19.5. The van der Waals surface area contributed by atoms with Crippen molar-refractivity contribution in [2.45, 2.75) is 39.7 Å². The minimum Gasteiger partial charge on any atom is -0.464 e. The Morgan fingerprint density at radius 2 is 1.88 bits per heavy atom. The topological polar surface area (TPSA) is 75.0 Å². The van der Waals surface area contributed by atoms with E-state index in [9.17, 15) is 9.59 Å². The number of carbonyl (C=O) groups excluding carboxylic acids is 2. The highest BCUT2D eigenvalue weighted by atomic mass is 16.5.